The van der Waals surface area contributed by atoms with Crippen LogP contribution in [0.3, 0.4) is 0 Å². The molecule has 152 valence electrons. The van der Waals surface area contributed by atoms with Gasteiger partial charge in [0, 0.05) is 40.0 Å². The third-order valence-corrected chi connectivity index (χ3v) is 5.15. The minimum Gasteiger partial charge on any atom is -0.469 e. The van der Waals surface area contributed by atoms with Crippen molar-refractivity contribution in [2.24, 2.45) is 4.99 Å². The highest BCUT2D eigenvalue weighted by atomic mass is 16.3. The zero-order valence-corrected chi connectivity index (χ0v) is 16.3. The Morgan fingerprint density at radius 3 is 2.82 bits per heavy atom. The number of imide groups is 1. The molecule has 1 N–H and O–H groups in total. The molecule has 2 unspecified atom stereocenters. The number of urea groups is 1. The SMILES string of the molecule is CN1C(=O)C2C(N=CN2CCCCC(=O)NCCCc2ccco2)N(C)C1=O. The number of unbranched alkanes of at least 4 members (excludes halogenated alkanes) is 1. The first kappa shape index (κ1) is 19.9. The second-order valence-electron chi connectivity index (χ2n) is 7.14. The number of aryl methyl sites for hydroxylation is 1. The van der Waals surface area contributed by atoms with Gasteiger partial charge in [-0.05, 0) is 31.4 Å². The van der Waals surface area contributed by atoms with Gasteiger partial charge in [0.2, 0.25) is 5.91 Å². The summed E-state index contributed by atoms with van der Waals surface area (Å²) in [6.45, 7) is 1.25. The molecule has 1 aromatic rings. The zero-order valence-electron chi connectivity index (χ0n) is 16.3. The van der Waals surface area contributed by atoms with Gasteiger partial charge >= 0.3 is 6.03 Å². The fourth-order valence-corrected chi connectivity index (χ4v) is 3.51. The fraction of sp³-hybridized carbons (Fsp3) is 0.579. The van der Waals surface area contributed by atoms with Crippen LogP contribution in [0, 0.1) is 0 Å². The molecule has 0 spiro atoms. The normalized spacial score (nSPS) is 21.4. The van der Waals surface area contributed by atoms with Crippen LogP contribution >= 0.6 is 0 Å². The molecule has 28 heavy (non-hydrogen) atoms. The van der Waals surface area contributed by atoms with E-state index in [9.17, 15) is 14.4 Å². The summed E-state index contributed by atoms with van der Waals surface area (Å²) in [6, 6.07) is 2.98. The maximum Gasteiger partial charge on any atom is 0.328 e. The highest BCUT2D eigenvalue weighted by Gasteiger charge is 2.48. The van der Waals surface area contributed by atoms with Crippen molar-refractivity contribution < 1.29 is 18.8 Å². The van der Waals surface area contributed by atoms with Gasteiger partial charge < -0.3 is 19.5 Å². The van der Waals surface area contributed by atoms with E-state index in [1.165, 1.54) is 11.9 Å². The van der Waals surface area contributed by atoms with Crippen molar-refractivity contribution in [2.75, 3.05) is 27.2 Å². The summed E-state index contributed by atoms with van der Waals surface area (Å²) in [5.74, 6) is 0.723. The van der Waals surface area contributed by atoms with E-state index >= 15 is 0 Å². The molecule has 0 aliphatic carbocycles. The Labute approximate surface area is 164 Å². The zero-order chi connectivity index (χ0) is 20.1. The summed E-state index contributed by atoms with van der Waals surface area (Å²) < 4.78 is 5.26. The Morgan fingerprint density at radius 2 is 2.07 bits per heavy atom. The highest BCUT2D eigenvalue weighted by molar-refractivity contribution is 6.01. The first-order valence-electron chi connectivity index (χ1n) is 9.61. The third kappa shape index (κ3) is 4.35. The van der Waals surface area contributed by atoms with Gasteiger partial charge in [-0.1, -0.05) is 0 Å². The van der Waals surface area contributed by atoms with E-state index in [0.29, 0.717) is 19.5 Å². The average Bonchev–Trinajstić information content (AvgIpc) is 3.35. The Balaban J connectivity index is 1.33. The fourth-order valence-electron chi connectivity index (χ4n) is 3.51. The minimum atomic E-state index is -0.469. The number of hydrogen-bond donors (Lipinski definition) is 1. The van der Waals surface area contributed by atoms with Crippen LogP contribution in [0.1, 0.15) is 31.4 Å². The van der Waals surface area contributed by atoms with Crippen molar-refractivity contribution >= 4 is 24.2 Å². The van der Waals surface area contributed by atoms with E-state index < -0.39 is 12.2 Å². The van der Waals surface area contributed by atoms with Gasteiger partial charge in [0.25, 0.3) is 5.91 Å². The first-order chi connectivity index (χ1) is 13.5. The van der Waals surface area contributed by atoms with Gasteiger partial charge in [0.05, 0.1) is 12.6 Å². The predicted molar refractivity (Wildman–Crippen MR) is 103 cm³/mol. The number of carbonyl (C=O) groups is 3. The smallest absolute Gasteiger partial charge is 0.328 e. The van der Waals surface area contributed by atoms with Crippen LogP contribution in [0.25, 0.3) is 0 Å². The number of amides is 4. The van der Waals surface area contributed by atoms with Crippen LogP contribution in [0.5, 0.6) is 0 Å². The van der Waals surface area contributed by atoms with Crippen LogP contribution in [0.2, 0.25) is 0 Å². The molecule has 2 atom stereocenters. The highest BCUT2D eigenvalue weighted by Crippen LogP contribution is 2.24. The number of nitrogens with zero attached hydrogens (tertiary/aromatic N) is 4. The van der Waals surface area contributed by atoms with Crippen molar-refractivity contribution in [1.29, 1.82) is 0 Å². The van der Waals surface area contributed by atoms with E-state index in [2.05, 4.69) is 10.3 Å². The lowest BCUT2D eigenvalue weighted by Gasteiger charge is -2.39. The Morgan fingerprint density at radius 1 is 1.25 bits per heavy atom. The molecular formula is C19H27N5O4. The lowest BCUT2D eigenvalue weighted by molar-refractivity contribution is -0.136. The summed E-state index contributed by atoms with van der Waals surface area (Å²) >= 11 is 0. The van der Waals surface area contributed by atoms with Crippen molar-refractivity contribution in [1.82, 2.24) is 20.0 Å². The Kier molecular flexibility index (Phi) is 6.33. The number of rotatable bonds is 9. The van der Waals surface area contributed by atoms with E-state index in [0.717, 1.165) is 36.3 Å². The van der Waals surface area contributed by atoms with E-state index in [4.69, 9.17) is 4.42 Å². The topological polar surface area (TPSA) is 98.5 Å². The van der Waals surface area contributed by atoms with Crippen LogP contribution in [-0.4, -0.2) is 78.3 Å². The molecule has 0 bridgehead atoms. The Bertz CT molecular complexity index is 733. The molecule has 0 saturated carbocycles. The molecule has 1 fully saturated rings. The van der Waals surface area contributed by atoms with Gasteiger partial charge in [-0.15, -0.1) is 0 Å². The number of hydrogen-bond acceptors (Lipinski definition) is 6. The lowest BCUT2D eigenvalue weighted by Crippen LogP contribution is -2.63. The lowest BCUT2D eigenvalue weighted by atomic mass is 10.1. The van der Waals surface area contributed by atoms with Gasteiger partial charge in [0.1, 0.15) is 5.76 Å². The van der Waals surface area contributed by atoms with Crippen LogP contribution in [0.15, 0.2) is 27.8 Å². The number of carbonyl (C=O) groups excluding carboxylic acids is 3. The number of fused-ring (bicyclic) bond motifs is 1. The number of aliphatic imine (C=N–C) groups is 1. The van der Waals surface area contributed by atoms with E-state index in [-0.39, 0.29) is 17.8 Å². The van der Waals surface area contributed by atoms with Gasteiger partial charge in [-0.25, -0.2) is 9.79 Å². The molecule has 3 rings (SSSR count). The van der Waals surface area contributed by atoms with Crippen LogP contribution < -0.4 is 5.32 Å². The molecule has 9 heteroatoms. The number of nitrogens with one attached hydrogen (secondary N) is 1. The summed E-state index contributed by atoms with van der Waals surface area (Å²) in [7, 11) is 3.14. The van der Waals surface area contributed by atoms with Crippen molar-refractivity contribution in [3.8, 4) is 0 Å². The van der Waals surface area contributed by atoms with Crippen LogP contribution in [0.4, 0.5) is 4.79 Å². The monoisotopic (exact) mass is 389 g/mol. The molecule has 1 saturated heterocycles. The van der Waals surface area contributed by atoms with E-state index in [1.54, 1.807) is 19.6 Å². The van der Waals surface area contributed by atoms with Gasteiger partial charge in [-0.2, -0.15) is 0 Å². The summed E-state index contributed by atoms with van der Waals surface area (Å²) in [5.41, 5.74) is 0. The molecule has 4 amide bonds. The first-order valence-corrected chi connectivity index (χ1v) is 9.61. The molecule has 0 aromatic carbocycles. The quantitative estimate of drug-likeness (QED) is 0.637. The molecule has 2 aliphatic rings. The molecule has 2 aliphatic heterocycles. The van der Waals surface area contributed by atoms with Gasteiger partial charge in [0.15, 0.2) is 12.2 Å². The summed E-state index contributed by atoms with van der Waals surface area (Å²) in [4.78, 5) is 45.1. The maximum atomic E-state index is 12.4. The molecular weight excluding hydrogens is 362 g/mol. The number of furan rings is 1. The average molecular weight is 389 g/mol. The molecule has 9 nitrogen and oxygen atoms in total. The molecule has 0 radical (unpaired) electrons. The second kappa shape index (κ2) is 8.90. The van der Waals surface area contributed by atoms with Gasteiger partial charge in [-0.3, -0.25) is 14.5 Å². The van der Waals surface area contributed by atoms with E-state index in [1.807, 2.05) is 17.0 Å². The van der Waals surface area contributed by atoms with Crippen LogP contribution in [-0.2, 0) is 16.0 Å². The largest absolute Gasteiger partial charge is 0.469 e. The van der Waals surface area contributed by atoms with Crippen molar-refractivity contribution in [2.45, 2.75) is 44.3 Å². The van der Waals surface area contributed by atoms with Crippen molar-refractivity contribution in [3.05, 3.63) is 24.2 Å². The van der Waals surface area contributed by atoms with Crippen molar-refractivity contribution in [3.63, 3.8) is 0 Å². The standard InChI is InChI=1S/C19H27N5O4/c1-22-17-16(18(26)23(2)19(22)27)24(13-21-17)11-4-3-9-15(25)20-10-5-7-14-8-6-12-28-14/h6,8,12-13,16-17H,3-5,7,9-11H2,1-2H3,(H,20,25). The second-order valence-corrected chi connectivity index (χ2v) is 7.14. The summed E-state index contributed by atoms with van der Waals surface area (Å²) in [5, 5.41) is 2.92. The minimum absolute atomic E-state index is 0.0335. The molecule has 1 aromatic heterocycles. The summed E-state index contributed by atoms with van der Waals surface area (Å²) in [6.07, 6.45) is 6.42. The maximum absolute atomic E-state index is 12.4. The molecule has 3 heterocycles. The number of likely N-dealkylation sites (N-methyl/N-ethyl adjacent to an activating group) is 2. The third-order valence-electron chi connectivity index (χ3n) is 5.15. The Hall–Kier alpha value is -2.84. The predicted octanol–water partition coefficient (Wildman–Crippen LogP) is 1.06.